The van der Waals surface area contributed by atoms with Gasteiger partial charge in [-0.1, -0.05) is 4.49 Å². The minimum atomic E-state index is -3.27. The molecule has 6 nitrogen and oxygen atoms in total. The molecule has 1 aromatic heterocycles. The summed E-state index contributed by atoms with van der Waals surface area (Å²) < 4.78 is 24.9. The summed E-state index contributed by atoms with van der Waals surface area (Å²) in [6.07, 6.45) is 2.35. The molecule has 0 spiro atoms. The van der Waals surface area contributed by atoms with Crippen LogP contribution >= 0.6 is 11.5 Å². The van der Waals surface area contributed by atoms with Crippen molar-refractivity contribution >= 4 is 32.3 Å². The van der Waals surface area contributed by atoms with Crippen molar-refractivity contribution in [2.75, 3.05) is 17.3 Å². The predicted molar refractivity (Wildman–Crippen MR) is 48.2 cm³/mol. The van der Waals surface area contributed by atoms with E-state index in [0.717, 1.165) is 17.8 Å². The van der Waals surface area contributed by atoms with Crippen LogP contribution in [0.4, 0.5) is 5.00 Å². The number of carbonyl (C=O) groups excluding carboxylic acids is 1. The number of nitrogens with zero attached hydrogens (tertiary/aromatic N) is 2. The van der Waals surface area contributed by atoms with Crippen molar-refractivity contribution in [3.8, 4) is 0 Å². The van der Waals surface area contributed by atoms with Gasteiger partial charge < -0.3 is 5.32 Å². The Labute approximate surface area is 79.1 Å². The summed E-state index contributed by atoms with van der Waals surface area (Å²) in [5.41, 5.74) is 0. The van der Waals surface area contributed by atoms with Crippen molar-refractivity contribution < 1.29 is 13.2 Å². The quantitative estimate of drug-likeness (QED) is 0.744. The fourth-order valence-electron chi connectivity index (χ4n) is 0.634. The van der Waals surface area contributed by atoms with E-state index in [1.54, 1.807) is 0 Å². The van der Waals surface area contributed by atoms with Crippen LogP contribution in [-0.4, -0.2) is 35.9 Å². The molecular weight excluding hydrogens is 214 g/mol. The molecular formula is C5H7N3O3S2. The molecule has 0 saturated heterocycles. The Kier molecular flexibility index (Phi) is 2.94. The van der Waals surface area contributed by atoms with Crippen LogP contribution in [0, 0.1) is 0 Å². The van der Waals surface area contributed by atoms with Gasteiger partial charge in [0.1, 0.15) is 10.8 Å². The second kappa shape index (κ2) is 3.79. The highest BCUT2D eigenvalue weighted by molar-refractivity contribution is 7.91. The molecule has 1 amide bonds. The van der Waals surface area contributed by atoms with Crippen molar-refractivity contribution in [1.82, 2.24) is 9.59 Å². The minimum absolute atomic E-state index is 0.439. The van der Waals surface area contributed by atoms with Crippen LogP contribution in [0.2, 0.25) is 0 Å². The first-order valence-electron chi connectivity index (χ1n) is 3.22. The fraction of sp³-hybridized carbons (Fsp3) is 0.400. The van der Waals surface area contributed by atoms with E-state index in [1.807, 2.05) is 0 Å². The first-order chi connectivity index (χ1) is 5.97. The molecule has 0 radical (unpaired) electrons. The largest absolute Gasteiger partial charge is 0.314 e. The van der Waals surface area contributed by atoms with E-state index in [2.05, 4.69) is 14.9 Å². The summed E-state index contributed by atoms with van der Waals surface area (Å²) in [5, 5.41) is 6.27. The van der Waals surface area contributed by atoms with Gasteiger partial charge in [-0.3, -0.25) is 4.79 Å². The van der Waals surface area contributed by atoms with E-state index >= 15 is 0 Å². The van der Waals surface area contributed by atoms with E-state index in [0.29, 0.717) is 5.00 Å². The number of hydrogen-bond acceptors (Lipinski definition) is 6. The number of rotatable bonds is 3. The van der Waals surface area contributed by atoms with Gasteiger partial charge in [0.05, 0.1) is 6.20 Å². The van der Waals surface area contributed by atoms with E-state index < -0.39 is 21.5 Å². The second-order valence-corrected chi connectivity index (χ2v) is 5.33. The molecule has 0 fully saturated rings. The van der Waals surface area contributed by atoms with E-state index in [1.165, 1.54) is 6.20 Å². The van der Waals surface area contributed by atoms with Crippen LogP contribution in [0.3, 0.4) is 0 Å². The summed E-state index contributed by atoms with van der Waals surface area (Å²) in [4.78, 5) is 11.0. The van der Waals surface area contributed by atoms with E-state index in [-0.39, 0.29) is 0 Å². The van der Waals surface area contributed by atoms with Crippen LogP contribution < -0.4 is 5.32 Å². The van der Waals surface area contributed by atoms with Crippen LogP contribution in [0.15, 0.2) is 6.20 Å². The topological polar surface area (TPSA) is 89.0 Å². The smallest absolute Gasteiger partial charge is 0.240 e. The Bertz CT molecular complexity index is 383. The average Bonchev–Trinajstić information content (AvgIpc) is 2.34. The maximum Gasteiger partial charge on any atom is 0.240 e. The third kappa shape index (κ3) is 3.95. The van der Waals surface area contributed by atoms with Gasteiger partial charge in [0.25, 0.3) is 0 Å². The maximum atomic E-state index is 11.0. The lowest BCUT2D eigenvalue weighted by atomic mass is 10.7. The molecule has 13 heavy (non-hydrogen) atoms. The number of amides is 1. The Balaban J connectivity index is 2.53. The molecule has 1 N–H and O–H groups in total. The average molecular weight is 221 g/mol. The molecule has 0 aliphatic rings. The second-order valence-electron chi connectivity index (χ2n) is 2.40. The van der Waals surface area contributed by atoms with E-state index in [9.17, 15) is 13.2 Å². The Morgan fingerprint density at radius 2 is 2.38 bits per heavy atom. The van der Waals surface area contributed by atoms with Gasteiger partial charge in [0.15, 0.2) is 9.84 Å². The van der Waals surface area contributed by atoms with Crippen molar-refractivity contribution in [3.05, 3.63) is 6.20 Å². The van der Waals surface area contributed by atoms with Gasteiger partial charge >= 0.3 is 0 Å². The molecule has 0 aromatic carbocycles. The number of aromatic nitrogens is 2. The van der Waals surface area contributed by atoms with Crippen LogP contribution in [0.5, 0.6) is 0 Å². The lowest BCUT2D eigenvalue weighted by molar-refractivity contribution is -0.113. The van der Waals surface area contributed by atoms with Crippen molar-refractivity contribution in [1.29, 1.82) is 0 Å². The number of carbonyl (C=O) groups is 1. The van der Waals surface area contributed by atoms with Gasteiger partial charge in [-0.25, -0.2) is 8.42 Å². The number of nitrogens with one attached hydrogen (secondary N) is 1. The molecule has 0 unspecified atom stereocenters. The van der Waals surface area contributed by atoms with Gasteiger partial charge in [0, 0.05) is 17.8 Å². The first-order valence-corrected chi connectivity index (χ1v) is 6.06. The zero-order valence-corrected chi connectivity index (χ0v) is 8.35. The lowest BCUT2D eigenvalue weighted by Gasteiger charge is -1.98. The van der Waals surface area contributed by atoms with Crippen molar-refractivity contribution in [2.24, 2.45) is 0 Å². The molecule has 0 atom stereocenters. The predicted octanol–water partition coefficient (Wildman–Crippen LogP) is -0.479. The Morgan fingerprint density at radius 3 is 2.85 bits per heavy atom. The van der Waals surface area contributed by atoms with Gasteiger partial charge in [0.2, 0.25) is 5.91 Å². The molecule has 0 bridgehead atoms. The summed E-state index contributed by atoms with van der Waals surface area (Å²) >= 11 is 0.989. The summed E-state index contributed by atoms with van der Waals surface area (Å²) in [5.74, 6) is -1.10. The first kappa shape index (κ1) is 10.1. The van der Waals surface area contributed by atoms with Gasteiger partial charge in [-0.2, -0.15) is 0 Å². The van der Waals surface area contributed by atoms with Crippen LogP contribution in [0.25, 0.3) is 0 Å². The molecule has 1 aromatic rings. The third-order valence-corrected chi connectivity index (χ3v) is 2.38. The maximum absolute atomic E-state index is 11.0. The standard InChI is InChI=1S/C5H7N3O3S2/c1-13(10,11)3-4(9)7-5-2-6-8-12-5/h2H,3H2,1H3,(H,7,9). The molecule has 0 saturated carbocycles. The highest BCUT2D eigenvalue weighted by Gasteiger charge is 2.11. The molecule has 8 heteroatoms. The molecule has 0 aliphatic heterocycles. The SMILES string of the molecule is CS(=O)(=O)CC(=O)Nc1cnns1. The fourth-order valence-corrected chi connectivity index (χ4v) is 1.62. The molecule has 1 rings (SSSR count). The highest BCUT2D eigenvalue weighted by Crippen LogP contribution is 2.08. The molecule has 1 heterocycles. The molecule has 72 valence electrons. The van der Waals surface area contributed by atoms with E-state index in [4.69, 9.17) is 0 Å². The normalized spacial score (nSPS) is 11.2. The zero-order chi connectivity index (χ0) is 9.90. The number of sulfone groups is 1. The summed E-state index contributed by atoms with van der Waals surface area (Å²) in [7, 11) is -3.27. The number of anilines is 1. The van der Waals surface area contributed by atoms with Crippen molar-refractivity contribution in [2.45, 2.75) is 0 Å². The summed E-state index contributed by atoms with van der Waals surface area (Å²) in [6.45, 7) is 0. The number of hydrogen-bond donors (Lipinski definition) is 1. The van der Waals surface area contributed by atoms with Crippen molar-refractivity contribution in [3.63, 3.8) is 0 Å². The monoisotopic (exact) mass is 221 g/mol. The van der Waals surface area contributed by atoms with Gasteiger partial charge in [-0.05, 0) is 0 Å². The van der Waals surface area contributed by atoms with Crippen LogP contribution in [0.1, 0.15) is 0 Å². The lowest BCUT2D eigenvalue weighted by Crippen LogP contribution is -2.21. The minimum Gasteiger partial charge on any atom is -0.314 e. The molecule has 0 aliphatic carbocycles. The Hall–Kier alpha value is -1.02. The highest BCUT2D eigenvalue weighted by atomic mass is 32.2. The Morgan fingerprint density at radius 1 is 1.69 bits per heavy atom. The zero-order valence-electron chi connectivity index (χ0n) is 6.72. The summed E-state index contributed by atoms with van der Waals surface area (Å²) in [6, 6.07) is 0. The van der Waals surface area contributed by atoms with Gasteiger partial charge in [-0.15, -0.1) is 5.10 Å². The third-order valence-electron chi connectivity index (χ3n) is 1.02. The van der Waals surface area contributed by atoms with Crippen LogP contribution in [-0.2, 0) is 14.6 Å².